The van der Waals surface area contributed by atoms with E-state index in [1.807, 2.05) is 0 Å². The molecule has 0 spiro atoms. The summed E-state index contributed by atoms with van der Waals surface area (Å²) >= 11 is 1.80. The van der Waals surface area contributed by atoms with Gasteiger partial charge in [-0.3, -0.25) is 0 Å². The van der Waals surface area contributed by atoms with Crippen LogP contribution in [-0.2, 0) is 0 Å². The third-order valence-electron chi connectivity index (χ3n) is 2.22. The highest BCUT2D eigenvalue weighted by Crippen LogP contribution is 2.27. The lowest BCUT2D eigenvalue weighted by Gasteiger charge is -2.00. The molecule has 2 aromatic rings. The summed E-state index contributed by atoms with van der Waals surface area (Å²) in [6, 6.07) is 10.9. The van der Waals surface area contributed by atoms with Crippen LogP contribution < -0.4 is 0 Å². The fourth-order valence-electron chi connectivity index (χ4n) is 1.42. The number of rotatable bonds is 1. The molecule has 0 aliphatic rings. The first-order valence-corrected chi connectivity index (χ1v) is 5.26. The van der Waals surface area contributed by atoms with E-state index in [9.17, 15) is 0 Å². The Morgan fingerprint density at radius 2 is 1.62 bits per heavy atom. The molecule has 0 fully saturated rings. The monoisotopic (exact) mass is 188 g/mol. The highest BCUT2D eigenvalue weighted by molar-refractivity contribution is 7.10. The minimum Gasteiger partial charge on any atom is -0.149 e. The largest absolute Gasteiger partial charge is 0.149 e. The Morgan fingerprint density at radius 3 is 2.15 bits per heavy atom. The summed E-state index contributed by atoms with van der Waals surface area (Å²) in [6.07, 6.45) is 0. The maximum absolute atomic E-state index is 2.19. The van der Waals surface area contributed by atoms with Crippen LogP contribution in [0.2, 0.25) is 0 Å². The third-order valence-corrected chi connectivity index (χ3v) is 3.07. The lowest BCUT2D eigenvalue weighted by Crippen LogP contribution is -1.76. The molecule has 2 rings (SSSR count). The van der Waals surface area contributed by atoms with Crippen molar-refractivity contribution in [2.45, 2.75) is 13.8 Å². The summed E-state index contributed by atoms with van der Waals surface area (Å²) in [4.78, 5) is 1.39. The second kappa shape index (κ2) is 3.35. The summed E-state index contributed by atoms with van der Waals surface area (Å²) in [7, 11) is 0. The van der Waals surface area contributed by atoms with Crippen molar-refractivity contribution >= 4 is 11.3 Å². The fraction of sp³-hybridized carbons (Fsp3) is 0.167. The fourth-order valence-corrected chi connectivity index (χ4v) is 2.14. The van der Waals surface area contributed by atoms with Gasteiger partial charge in [0.25, 0.3) is 0 Å². The molecule has 0 aliphatic carbocycles. The highest BCUT2D eigenvalue weighted by atomic mass is 32.1. The van der Waals surface area contributed by atoms with Crippen LogP contribution in [0.5, 0.6) is 0 Å². The van der Waals surface area contributed by atoms with Crippen molar-refractivity contribution in [1.82, 2.24) is 0 Å². The SMILES string of the molecule is Cc1ccc(-c2ccsc2C)cc1. The van der Waals surface area contributed by atoms with Gasteiger partial charge in [0.1, 0.15) is 0 Å². The van der Waals surface area contributed by atoms with E-state index < -0.39 is 0 Å². The zero-order valence-corrected chi connectivity index (χ0v) is 8.69. The second-order valence-electron chi connectivity index (χ2n) is 3.26. The molecule has 1 heterocycles. The first kappa shape index (κ1) is 8.52. The average Bonchev–Trinajstić information content (AvgIpc) is 2.53. The lowest BCUT2D eigenvalue weighted by molar-refractivity contribution is 1.47. The van der Waals surface area contributed by atoms with E-state index in [1.54, 1.807) is 11.3 Å². The topological polar surface area (TPSA) is 0 Å². The van der Waals surface area contributed by atoms with Crippen molar-refractivity contribution in [3.63, 3.8) is 0 Å². The Bertz CT molecular complexity index is 395. The number of aryl methyl sites for hydroxylation is 2. The van der Waals surface area contributed by atoms with Gasteiger partial charge >= 0.3 is 0 Å². The van der Waals surface area contributed by atoms with Gasteiger partial charge in [-0.15, -0.1) is 11.3 Å². The molecule has 0 aliphatic heterocycles. The molecule has 0 saturated heterocycles. The van der Waals surface area contributed by atoms with Gasteiger partial charge in [-0.05, 0) is 36.4 Å². The van der Waals surface area contributed by atoms with Crippen LogP contribution in [-0.4, -0.2) is 0 Å². The maximum atomic E-state index is 2.19. The van der Waals surface area contributed by atoms with Crippen LogP contribution >= 0.6 is 11.3 Å². The molecule has 0 N–H and O–H groups in total. The van der Waals surface area contributed by atoms with Crippen molar-refractivity contribution in [1.29, 1.82) is 0 Å². The van der Waals surface area contributed by atoms with Crippen LogP contribution in [0.4, 0.5) is 0 Å². The zero-order chi connectivity index (χ0) is 9.26. The van der Waals surface area contributed by atoms with Gasteiger partial charge in [-0.1, -0.05) is 29.8 Å². The summed E-state index contributed by atoms with van der Waals surface area (Å²) in [5.41, 5.74) is 4.01. The number of hydrogen-bond acceptors (Lipinski definition) is 1. The minimum absolute atomic E-state index is 1.32. The van der Waals surface area contributed by atoms with Gasteiger partial charge in [-0.25, -0.2) is 0 Å². The van der Waals surface area contributed by atoms with Crippen molar-refractivity contribution in [3.05, 3.63) is 46.2 Å². The normalized spacial score (nSPS) is 10.3. The second-order valence-corrected chi connectivity index (χ2v) is 4.38. The lowest BCUT2D eigenvalue weighted by atomic mass is 10.1. The van der Waals surface area contributed by atoms with Crippen LogP contribution in [0.25, 0.3) is 11.1 Å². The minimum atomic E-state index is 1.32. The van der Waals surface area contributed by atoms with Crippen LogP contribution in [0, 0.1) is 13.8 Å². The molecule has 0 nitrogen and oxygen atoms in total. The van der Waals surface area contributed by atoms with E-state index in [4.69, 9.17) is 0 Å². The Morgan fingerprint density at radius 1 is 0.923 bits per heavy atom. The Balaban J connectivity index is 2.47. The first-order valence-electron chi connectivity index (χ1n) is 4.38. The smallest absolute Gasteiger partial charge is 0.00925 e. The molecule has 0 atom stereocenters. The standard InChI is InChI=1S/C12H12S/c1-9-3-5-11(6-4-9)12-7-8-13-10(12)2/h3-8H,1-2H3. The summed E-state index contributed by atoms with van der Waals surface area (Å²) in [5.74, 6) is 0. The Kier molecular flexibility index (Phi) is 2.19. The molecular weight excluding hydrogens is 176 g/mol. The van der Waals surface area contributed by atoms with Crippen molar-refractivity contribution < 1.29 is 0 Å². The molecule has 0 radical (unpaired) electrons. The molecule has 1 aromatic carbocycles. The molecule has 1 aromatic heterocycles. The molecule has 0 amide bonds. The van der Waals surface area contributed by atoms with Crippen LogP contribution in [0.3, 0.4) is 0 Å². The number of benzene rings is 1. The van der Waals surface area contributed by atoms with Crippen molar-refractivity contribution in [3.8, 4) is 11.1 Å². The summed E-state index contributed by atoms with van der Waals surface area (Å²) < 4.78 is 0. The van der Waals surface area contributed by atoms with E-state index in [1.165, 1.54) is 21.6 Å². The third kappa shape index (κ3) is 1.65. The van der Waals surface area contributed by atoms with Crippen LogP contribution in [0.1, 0.15) is 10.4 Å². The van der Waals surface area contributed by atoms with Gasteiger partial charge in [0.2, 0.25) is 0 Å². The molecular formula is C12H12S. The number of thiophene rings is 1. The van der Waals surface area contributed by atoms with Gasteiger partial charge in [0.15, 0.2) is 0 Å². The predicted molar refractivity (Wildman–Crippen MR) is 59.2 cm³/mol. The summed E-state index contributed by atoms with van der Waals surface area (Å²) in [5, 5.41) is 2.14. The average molecular weight is 188 g/mol. The van der Waals surface area contributed by atoms with Crippen LogP contribution in [0.15, 0.2) is 35.7 Å². The van der Waals surface area contributed by atoms with Gasteiger partial charge < -0.3 is 0 Å². The van der Waals surface area contributed by atoms with Gasteiger partial charge in [0, 0.05) is 4.88 Å². The zero-order valence-electron chi connectivity index (χ0n) is 7.87. The predicted octanol–water partition coefficient (Wildman–Crippen LogP) is 4.03. The molecule has 0 unspecified atom stereocenters. The van der Waals surface area contributed by atoms with E-state index in [0.717, 1.165) is 0 Å². The molecule has 1 heteroatoms. The van der Waals surface area contributed by atoms with Crippen molar-refractivity contribution in [2.75, 3.05) is 0 Å². The maximum Gasteiger partial charge on any atom is 0.00925 e. The molecule has 66 valence electrons. The van der Waals surface area contributed by atoms with Crippen molar-refractivity contribution in [2.24, 2.45) is 0 Å². The van der Waals surface area contributed by atoms with Gasteiger partial charge in [-0.2, -0.15) is 0 Å². The van der Waals surface area contributed by atoms with E-state index in [2.05, 4.69) is 49.6 Å². The first-order chi connectivity index (χ1) is 6.27. The van der Waals surface area contributed by atoms with Gasteiger partial charge in [0.05, 0.1) is 0 Å². The molecule has 13 heavy (non-hydrogen) atoms. The Labute approximate surface area is 82.9 Å². The van der Waals surface area contributed by atoms with E-state index in [-0.39, 0.29) is 0 Å². The quantitative estimate of drug-likeness (QED) is 0.633. The Hall–Kier alpha value is -1.08. The molecule has 0 saturated carbocycles. The highest BCUT2D eigenvalue weighted by Gasteiger charge is 2.01. The van der Waals surface area contributed by atoms with E-state index >= 15 is 0 Å². The van der Waals surface area contributed by atoms with E-state index in [0.29, 0.717) is 0 Å². The number of hydrogen-bond donors (Lipinski definition) is 0. The molecule has 0 bridgehead atoms. The summed E-state index contributed by atoms with van der Waals surface area (Å²) in [6.45, 7) is 4.28.